The minimum absolute atomic E-state index is 0.366. The van der Waals surface area contributed by atoms with Crippen LogP contribution in [0.4, 0.5) is 0 Å². The van der Waals surface area contributed by atoms with Gasteiger partial charge in [0.1, 0.15) is 6.61 Å². The molecule has 0 aliphatic heterocycles. The Morgan fingerprint density at radius 1 is 1.30 bits per heavy atom. The summed E-state index contributed by atoms with van der Waals surface area (Å²) in [5.41, 5.74) is 0. The molecule has 1 aromatic heterocycles. The fourth-order valence-corrected chi connectivity index (χ4v) is 1.98. The van der Waals surface area contributed by atoms with E-state index in [4.69, 9.17) is 9.47 Å². The molecule has 20 heavy (non-hydrogen) atoms. The molecule has 2 rings (SSSR count). The predicted octanol–water partition coefficient (Wildman–Crippen LogP) is 1.95. The second-order valence-electron chi connectivity index (χ2n) is 4.61. The summed E-state index contributed by atoms with van der Waals surface area (Å²) >= 11 is 0. The molecule has 1 atom stereocenters. The second kappa shape index (κ2) is 7.55. The molecule has 0 radical (unpaired) electrons. The molecule has 0 amide bonds. The number of nitrogens with zero attached hydrogens (tertiary/aromatic N) is 2. The van der Waals surface area contributed by atoms with Crippen LogP contribution in [-0.4, -0.2) is 35.9 Å². The van der Waals surface area contributed by atoms with Crippen molar-refractivity contribution in [1.82, 2.24) is 14.9 Å². The van der Waals surface area contributed by atoms with E-state index < -0.39 is 0 Å². The summed E-state index contributed by atoms with van der Waals surface area (Å²) in [4.78, 5) is 4.03. The number of aromatic nitrogens is 2. The molecule has 0 spiro atoms. The SMILES string of the molecule is COc1ccccc1OCCNC(C)Cn1ccnc1. The number of imidazole rings is 1. The zero-order chi connectivity index (χ0) is 14.2. The van der Waals surface area contributed by atoms with E-state index in [0.29, 0.717) is 12.6 Å². The Morgan fingerprint density at radius 2 is 2.10 bits per heavy atom. The number of hydrogen-bond acceptors (Lipinski definition) is 4. The number of hydrogen-bond donors (Lipinski definition) is 1. The lowest BCUT2D eigenvalue weighted by molar-refractivity contribution is 0.284. The minimum Gasteiger partial charge on any atom is -0.493 e. The first-order valence-corrected chi connectivity index (χ1v) is 6.74. The summed E-state index contributed by atoms with van der Waals surface area (Å²) in [5, 5.41) is 3.41. The van der Waals surface area contributed by atoms with Gasteiger partial charge in [-0.15, -0.1) is 0 Å². The lowest BCUT2D eigenvalue weighted by Crippen LogP contribution is -2.33. The Hall–Kier alpha value is -2.01. The van der Waals surface area contributed by atoms with E-state index in [9.17, 15) is 0 Å². The lowest BCUT2D eigenvalue weighted by atomic mass is 10.3. The van der Waals surface area contributed by atoms with Gasteiger partial charge < -0.3 is 19.4 Å². The Labute approximate surface area is 119 Å². The lowest BCUT2D eigenvalue weighted by Gasteiger charge is -2.15. The first kappa shape index (κ1) is 14.4. The third-order valence-electron chi connectivity index (χ3n) is 2.97. The van der Waals surface area contributed by atoms with Crippen molar-refractivity contribution in [2.45, 2.75) is 19.5 Å². The molecular weight excluding hydrogens is 254 g/mol. The van der Waals surface area contributed by atoms with Crippen molar-refractivity contribution >= 4 is 0 Å². The van der Waals surface area contributed by atoms with Crippen LogP contribution < -0.4 is 14.8 Å². The Morgan fingerprint density at radius 3 is 2.80 bits per heavy atom. The Bertz CT molecular complexity index is 500. The molecule has 2 aromatic rings. The fourth-order valence-electron chi connectivity index (χ4n) is 1.98. The monoisotopic (exact) mass is 275 g/mol. The minimum atomic E-state index is 0.366. The summed E-state index contributed by atoms with van der Waals surface area (Å²) in [7, 11) is 1.65. The third-order valence-corrected chi connectivity index (χ3v) is 2.97. The van der Waals surface area contributed by atoms with Gasteiger partial charge in [-0.05, 0) is 19.1 Å². The highest BCUT2D eigenvalue weighted by atomic mass is 16.5. The Kier molecular flexibility index (Phi) is 5.43. The van der Waals surface area contributed by atoms with Crippen LogP contribution in [0.1, 0.15) is 6.92 Å². The first-order chi connectivity index (χ1) is 9.79. The van der Waals surface area contributed by atoms with Gasteiger partial charge in [0.2, 0.25) is 0 Å². The van der Waals surface area contributed by atoms with Gasteiger partial charge in [0, 0.05) is 31.5 Å². The highest BCUT2D eigenvalue weighted by molar-refractivity contribution is 5.39. The zero-order valence-corrected chi connectivity index (χ0v) is 12.0. The van der Waals surface area contributed by atoms with Gasteiger partial charge in [-0.3, -0.25) is 0 Å². The molecule has 0 aliphatic rings. The van der Waals surface area contributed by atoms with Crippen molar-refractivity contribution in [3.05, 3.63) is 43.0 Å². The molecule has 0 aliphatic carbocycles. The largest absolute Gasteiger partial charge is 0.493 e. The molecule has 1 unspecified atom stereocenters. The number of methoxy groups -OCH3 is 1. The normalized spacial score (nSPS) is 12.1. The smallest absolute Gasteiger partial charge is 0.161 e. The average Bonchev–Trinajstić information content (AvgIpc) is 2.97. The topological polar surface area (TPSA) is 48.3 Å². The standard InChI is InChI=1S/C15H21N3O2/c1-13(11-18-9-7-16-12-18)17-8-10-20-15-6-4-3-5-14(15)19-2/h3-7,9,12-13,17H,8,10-11H2,1-2H3. The molecule has 0 saturated carbocycles. The van der Waals surface area contributed by atoms with Crippen LogP contribution in [0.25, 0.3) is 0 Å². The van der Waals surface area contributed by atoms with Gasteiger partial charge in [-0.25, -0.2) is 4.98 Å². The van der Waals surface area contributed by atoms with E-state index in [1.165, 1.54) is 0 Å². The van der Waals surface area contributed by atoms with E-state index in [0.717, 1.165) is 24.6 Å². The van der Waals surface area contributed by atoms with E-state index in [1.54, 1.807) is 13.3 Å². The van der Waals surface area contributed by atoms with E-state index >= 15 is 0 Å². The summed E-state index contributed by atoms with van der Waals surface area (Å²) in [6, 6.07) is 8.04. The number of ether oxygens (including phenoxy) is 2. The van der Waals surface area contributed by atoms with Crippen LogP contribution in [0.2, 0.25) is 0 Å². The number of nitrogens with one attached hydrogen (secondary N) is 1. The van der Waals surface area contributed by atoms with Gasteiger partial charge >= 0.3 is 0 Å². The first-order valence-electron chi connectivity index (χ1n) is 6.74. The van der Waals surface area contributed by atoms with Crippen LogP contribution >= 0.6 is 0 Å². The molecule has 0 saturated heterocycles. The highest BCUT2D eigenvalue weighted by Crippen LogP contribution is 2.25. The van der Waals surface area contributed by atoms with E-state index in [-0.39, 0.29) is 0 Å². The quantitative estimate of drug-likeness (QED) is 0.748. The summed E-state index contributed by atoms with van der Waals surface area (Å²) in [6.07, 6.45) is 5.57. The molecule has 1 aromatic carbocycles. The molecule has 5 nitrogen and oxygen atoms in total. The summed E-state index contributed by atoms with van der Waals surface area (Å²) in [6.45, 7) is 4.43. The van der Waals surface area contributed by atoms with Crippen LogP contribution in [-0.2, 0) is 6.54 Å². The van der Waals surface area contributed by atoms with Gasteiger partial charge in [0.15, 0.2) is 11.5 Å². The summed E-state index contributed by atoms with van der Waals surface area (Å²) < 4.78 is 13.0. The van der Waals surface area contributed by atoms with Crippen molar-refractivity contribution in [3.8, 4) is 11.5 Å². The number of rotatable bonds is 8. The average molecular weight is 275 g/mol. The zero-order valence-electron chi connectivity index (χ0n) is 12.0. The van der Waals surface area contributed by atoms with Crippen LogP contribution in [0.5, 0.6) is 11.5 Å². The molecule has 0 fully saturated rings. The maximum Gasteiger partial charge on any atom is 0.161 e. The van der Waals surface area contributed by atoms with Crippen molar-refractivity contribution in [2.75, 3.05) is 20.3 Å². The maximum absolute atomic E-state index is 5.71. The van der Waals surface area contributed by atoms with Gasteiger partial charge in [-0.1, -0.05) is 12.1 Å². The molecule has 0 bridgehead atoms. The van der Waals surface area contributed by atoms with Gasteiger partial charge in [0.25, 0.3) is 0 Å². The fraction of sp³-hybridized carbons (Fsp3) is 0.400. The van der Waals surface area contributed by atoms with Gasteiger partial charge in [0.05, 0.1) is 13.4 Å². The van der Waals surface area contributed by atoms with Gasteiger partial charge in [-0.2, -0.15) is 0 Å². The van der Waals surface area contributed by atoms with Crippen LogP contribution in [0.15, 0.2) is 43.0 Å². The predicted molar refractivity (Wildman–Crippen MR) is 78.2 cm³/mol. The maximum atomic E-state index is 5.71. The van der Waals surface area contributed by atoms with E-state index in [2.05, 4.69) is 21.8 Å². The van der Waals surface area contributed by atoms with Crippen LogP contribution in [0, 0.1) is 0 Å². The van der Waals surface area contributed by atoms with Crippen LogP contribution in [0.3, 0.4) is 0 Å². The van der Waals surface area contributed by atoms with Crippen molar-refractivity contribution in [2.24, 2.45) is 0 Å². The Balaban J connectivity index is 1.68. The molecule has 5 heteroatoms. The molecule has 108 valence electrons. The second-order valence-corrected chi connectivity index (χ2v) is 4.61. The number of para-hydroxylation sites is 2. The van der Waals surface area contributed by atoms with Crippen molar-refractivity contribution in [1.29, 1.82) is 0 Å². The van der Waals surface area contributed by atoms with Crippen molar-refractivity contribution < 1.29 is 9.47 Å². The third kappa shape index (κ3) is 4.28. The molecular formula is C15H21N3O2. The van der Waals surface area contributed by atoms with Crippen molar-refractivity contribution in [3.63, 3.8) is 0 Å². The summed E-state index contributed by atoms with van der Waals surface area (Å²) in [5.74, 6) is 1.54. The van der Waals surface area contributed by atoms with E-state index in [1.807, 2.05) is 36.8 Å². The molecule has 1 N–H and O–H groups in total. The number of benzene rings is 1. The highest BCUT2D eigenvalue weighted by Gasteiger charge is 2.04. The molecule has 1 heterocycles.